The number of rotatable bonds is 3. The van der Waals surface area contributed by atoms with Crippen LogP contribution in [0.25, 0.3) is 11.4 Å². The van der Waals surface area contributed by atoms with E-state index in [1.54, 1.807) is 17.0 Å². The number of nitrogens with zero attached hydrogens (tertiary/aromatic N) is 4. The van der Waals surface area contributed by atoms with Crippen LogP contribution in [-0.2, 0) is 13.0 Å². The summed E-state index contributed by atoms with van der Waals surface area (Å²) in [4.78, 5) is 26.9. The van der Waals surface area contributed by atoms with E-state index in [1.165, 1.54) is 18.6 Å². The van der Waals surface area contributed by atoms with Crippen LogP contribution in [0.3, 0.4) is 0 Å². The second kappa shape index (κ2) is 8.94. The molecule has 0 saturated carbocycles. The van der Waals surface area contributed by atoms with Crippen molar-refractivity contribution < 1.29 is 9.18 Å². The normalized spacial score (nSPS) is 15.9. The molecule has 0 aliphatic carbocycles. The predicted molar refractivity (Wildman–Crippen MR) is 123 cm³/mol. The zero-order valence-corrected chi connectivity index (χ0v) is 17.9. The van der Waals surface area contributed by atoms with Crippen molar-refractivity contribution in [2.24, 2.45) is 0 Å². The summed E-state index contributed by atoms with van der Waals surface area (Å²) in [6.07, 6.45) is 4.18. The number of piperidine rings is 1. The highest BCUT2D eigenvalue weighted by Gasteiger charge is 2.28. The molecule has 0 spiro atoms. The summed E-state index contributed by atoms with van der Waals surface area (Å²) < 4.78 is 13.5. The zero-order chi connectivity index (χ0) is 21.9. The Bertz CT molecular complexity index is 1110. The van der Waals surface area contributed by atoms with Crippen molar-refractivity contribution in [3.8, 4) is 11.4 Å². The molecule has 32 heavy (non-hydrogen) atoms. The number of nitrogens with one attached hydrogen (secondary N) is 1. The van der Waals surface area contributed by atoms with Crippen molar-refractivity contribution in [1.82, 2.24) is 14.9 Å². The minimum atomic E-state index is -0.374. The van der Waals surface area contributed by atoms with Crippen LogP contribution in [0.1, 0.15) is 30.5 Å². The van der Waals surface area contributed by atoms with E-state index >= 15 is 0 Å². The number of carbonyl (C=O) groups excluding carboxylic acids is 1. The Morgan fingerprint density at radius 1 is 0.938 bits per heavy atom. The van der Waals surface area contributed by atoms with Crippen LogP contribution < -0.4 is 10.2 Å². The topological polar surface area (TPSA) is 61.4 Å². The first-order valence-corrected chi connectivity index (χ1v) is 11.2. The zero-order valence-electron chi connectivity index (χ0n) is 17.9. The summed E-state index contributed by atoms with van der Waals surface area (Å²) in [6.45, 7) is 2.93. The van der Waals surface area contributed by atoms with Crippen molar-refractivity contribution in [3.05, 3.63) is 71.7 Å². The van der Waals surface area contributed by atoms with Crippen LogP contribution in [0.15, 0.2) is 54.6 Å². The lowest BCUT2D eigenvalue weighted by Crippen LogP contribution is -2.41. The highest BCUT2D eigenvalue weighted by atomic mass is 19.1. The number of fused-ring (bicyclic) bond motifs is 1. The molecule has 7 heteroatoms. The summed E-state index contributed by atoms with van der Waals surface area (Å²) in [5, 5.41) is 2.81. The van der Waals surface area contributed by atoms with Crippen LogP contribution in [0.2, 0.25) is 0 Å². The minimum Gasteiger partial charge on any atom is -0.356 e. The second-order valence-corrected chi connectivity index (χ2v) is 8.32. The predicted octanol–water partition coefficient (Wildman–Crippen LogP) is 4.86. The summed E-state index contributed by atoms with van der Waals surface area (Å²) in [5.41, 5.74) is 3.48. The average Bonchev–Trinajstić information content (AvgIpc) is 2.84. The molecule has 5 rings (SSSR count). The van der Waals surface area contributed by atoms with Crippen LogP contribution in [0.4, 0.5) is 20.7 Å². The molecule has 2 aliphatic heterocycles. The molecule has 1 saturated heterocycles. The van der Waals surface area contributed by atoms with Crippen LogP contribution in [0, 0.1) is 5.82 Å². The first kappa shape index (κ1) is 20.4. The van der Waals surface area contributed by atoms with Crippen LogP contribution >= 0.6 is 0 Å². The first-order valence-electron chi connectivity index (χ1n) is 11.2. The van der Waals surface area contributed by atoms with Gasteiger partial charge in [0, 0.05) is 42.9 Å². The van der Waals surface area contributed by atoms with E-state index < -0.39 is 0 Å². The van der Waals surface area contributed by atoms with E-state index in [1.807, 2.05) is 30.3 Å². The van der Waals surface area contributed by atoms with Crippen molar-refractivity contribution in [3.63, 3.8) is 0 Å². The van der Waals surface area contributed by atoms with Crippen molar-refractivity contribution in [1.29, 1.82) is 0 Å². The van der Waals surface area contributed by atoms with E-state index in [4.69, 9.17) is 9.97 Å². The van der Waals surface area contributed by atoms with E-state index in [0.717, 1.165) is 54.4 Å². The molecule has 3 aromatic rings. The van der Waals surface area contributed by atoms with Gasteiger partial charge < -0.3 is 15.1 Å². The number of anilines is 2. The number of benzene rings is 2. The highest BCUT2D eigenvalue weighted by Crippen LogP contribution is 2.31. The fraction of sp³-hybridized carbons (Fsp3) is 0.320. The molecule has 3 heterocycles. The lowest BCUT2D eigenvalue weighted by molar-refractivity contribution is 0.206. The van der Waals surface area contributed by atoms with Crippen molar-refractivity contribution in [2.75, 3.05) is 29.9 Å². The molecule has 2 aromatic carbocycles. The molecule has 2 aliphatic rings. The Balaban J connectivity index is 1.45. The van der Waals surface area contributed by atoms with E-state index in [2.05, 4.69) is 10.2 Å². The summed E-state index contributed by atoms with van der Waals surface area (Å²) >= 11 is 0. The fourth-order valence-electron chi connectivity index (χ4n) is 4.42. The fourth-order valence-corrected chi connectivity index (χ4v) is 4.42. The van der Waals surface area contributed by atoms with E-state index in [-0.39, 0.29) is 11.8 Å². The Morgan fingerprint density at radius 3 is 2.53 bits per heavy atom. The SMILES string of the molecule is O=C(Nc1cccc(F)c1)N1CCc2nc(-c3ccccc3)nc(N3CCCCC3)c2C1. The molecule has 2 amide bonds. The van der Waals surface area contributed by atoms with Gasteiger partial charge in [-0.1, -0.05) is 36.4 Å². The monoisotopic (exact) mass is 431 g/mol. The number of aromatic nitrogens is 2. The number of urea groups is 1. The third kappa shape index (κ3) is 4.28. The third-order valence-electron chi connectivity index (χ3n) is 6.09. The molecule has 1 aromatic heterocycles. The molecule has 0 atom stereocenters. The number of halogens is 1. The molecule has 0 unspecified atom stereocenters. The maximum absolute atomic E-state index is 13.5. The van der Waals surface area contributed by atoms with E-state index in [9.17, 15) is 9.18 Å². The van der Waals surface area contributed by atoms with Gasteiger partial charge >= 0.3 is 6.03 Å². The molecule has 0 bridgehead atoms. The standard InChI is InChI=1S/C25H26FN5O/c26-19-10-7-11-20(16-19)27-25(32)31-15-12-22-21(17-31)24(30-13-5-2-6-14-30)29-23(28-22)18-8-3-1-4-9-18/h1,3-4,7-11,16H,2,5-6,12-15,17H2,(H,27,32). The molecular formula is C25H26FN5O. The highest BCUT2D eigenvalue weighted by molar-refractivity contribution is 5.89. The van der Waals surface area contributed by atoms with Gasteiger partial charge in [-0.25, -0.2) is 19.2 Å². The lowest BCUT2D eigenvalue weighted by atomic mass is 10.0. The van der Waals surface area contributed by atoms with Crippen molar-refractivity contribution >= 4 is 17.5 Å². The number of hydrogen-bond donors (Lipinski definition) is 1. The lowest BCUT2D eigenvalue weighted by Gasteiger charge is -2.34. The molecule has 6 nitrogen and oxygen atoms in total. The molecular weight excluding hydrogens is 405 g/mol. The molecule has 164 valence electrons. The number of amides is 2. The number of carbonyl (C=O) groups is 1. The molecule has 1 fully saturated rings. The summed E-state index contributed by atoms with van der Waals surface area (Å²) in [7, 11) is 0. The van der Waals surface area contributed by atoms with Gasteiger partial charge in [0.25, 0.3) is 0 Å². The van der Waals surface area contributed by atoms with E-state index in [0.29, 0.717) is 25.2 Å². The Labute approximate surface area is 187 Å². The summed E-state index contributed by atoms with van der Waals surface area (Å²) in [5.74, 6) is 1.31. The molecule has 0 radical (unpaired) electrons. The van der Waals surface area contributed by atoms with Crippen LogP contribution in [-0.4, -0.2) is 40.5 Å². The Morgan fingerprint density at radius 2 is 1.75 bits per heavy atom. The smallest absolute Gasteiger partial charge is 0.322 e. The Hall–Kier alpha value is -3.48. The largest absolute Gasteiger partial charge is 0.356 e. The Kier molecular flexibility index (Phi) is 5.71. The quantitative estimate of drug-likeness (QED) is 0.643. The maximum atomic E-state index is 13.5. The van der Waals surface area contributed by atoms with Gasteiger partial charge in [-0.15, -0.1) is 0 Å². The van der Waals surface area contributed by atoms with Gasteiger partial charge in [0.1, 0.15) is 11.6 Å². The van der Waals surface area contributed by atoms with Gasteiger partial charge in [-0.2, -0.15) is 0 Å². The van der Waals surface area contributed by atoms with Crippen molar-refractivity contribution in [2.45, 2.75) is 32.2 Å². The maximum Gasteiger partial charge on any atom is 0.322 e. The average molecular weight is 432 g/mol. The first-order chi connectivity index (χ1) is 15.7. The van der Waals surface area contributed by atoms with Gasteiger partial charge in [-0.05, 0) is 37.5 Å². The summed E-state index contributed by atoms with van der Waals surface area (Å²) in [6, 6.07) is 15.8. The third-order valence-corrected chi connectivity index (χ3v) is 6.09. The van der Waals surface area contributed by atoms with Gasteiger partial charge in [0.2, 0.25) is 0 Å². The van der Waals surface area contributed by atoms with Crippen LogP contribution in [0.5, 0.6) is 0 Å². The minimum absolute atomic E-state index is 0.238. The van der Waals surface area contributed by atoms with Gasteiger partial charge in [0.15, 0.2) is 5.82 Å². The second-order valence-electron chi connectivity index (χ2n) is 8.32. The number of hydrogen-bond acceptors (Lipinski definition) is 4. The molecule has 1 N–H and O–H groups in total. The van der Waals surface area contributed by atoms with Gasteiger partial charge in [-0.3, -0.25) is 0 Å². The van der Waals surface area contributed by atoms with Gasteiger partial charge in [0.05, 0.1) is 12.2 Å².